The van der Waals surface area contributed by atoms with Crippen molar-refractivity contribution in [1.29, 1.82) is 0 Å². The van der Waals surface area contributed by atoms with Crippen LogP contribution in [0.3, 0.4) is 0 Å². The maximum atomic E-state index is 9.50. The van der Waals surface area contributed by atoms with Crippen molar-refractivity contribution < 1.29 is 5.11 Å². The first kappa shape index (κ1) is 10.7. The van der Waals surface area contributed by atoms with Crippen LogP contribution in [0.15, 0.2) is 11.3 Å². The Morgan fingerprint density at radius 1 is 1.64 bits per heavy atom. The molecule has 0 radical (unpaired) electrons. The molecule has 0 aliphatic carbocycles. The minimum Gasteiger partial charge on any atom is -0.389 e. The summed E-state index contributed by atoms with van der Waals surface area (Å²) in [5, 5.41) is 9.50. The van der Waals surface area contributed by atoms with E-state index in [4.69, 9.17) is 6.00 Å². The van der Waals surface area contributed by atoms with E-state index in [0.717, 1.165) is 12.0 Å². The first-order valence-corrected chi connectivity index (χ1v) is 5.04. The molecular weight excluding hydrogens is 152 g/mol. The molecule has 11 heavy (non-hydrogen) atoms. The second kappa shape index (κ2) is 5.36. The van der Waals surface area contributed by atoms with Crippen LogP contribution in [-0.2, 0) is 0 Å². The Kier molecular flexibility index (Phi) is 5.21. The summed E-state index contributed by atoms with van der Waals surface area (Å²) in [5.41, 5.74) is 2.90. The third kappa shape index (κ3) is 5.02. The van der Waals surface area contributed by atoms with E-state index >= 15 is 0 Å². The Morgan fingerprint density at radius 3 is 2.55 bits per heavy atom. The fourth-order valence-electron chi connectivity index (χ4n) is 0.860. The molecule has 0 aliphatic rings. The van der Waals surface area contributed by atoms with Gasteiger partial charge in [0.1, 0.15) is 0 Å². The van der Waals surface area contributed by atoms with Crippen molar-refractivity contribution in [2.75, 3.05) is 0 Å². The minimum atomic E-state index is -0.300. The van der Waals surface area contributed by atoms with Crippen LogP contribution in [0.25, 0.3) is 0 Å². The van der Waals surface area contributed by atoms with E-state index in [2.05, 4.69) is 13.8 Å². The molecule has 62 valence electrons. The highest BCUT2D eigenvalue weighted by atomic mass is 28.2. The molecule has 2 heteroatoms. The molecule has 0 rings (SSSR count). The van der Waals surface area contributed by atoms with E-state index in [1.54, 1.807) is 0 Å². The number of hydrogen-bond acceptors (Lipinski definition) is 1. The van der Waals surface area contributed by atoms with E-state index in [0.29, 0.717) is 14.9 Å². The molecule has 0 saturated heterocycles. The number of rotatable bonds is 3. The van der Waals surface area contributed by atoms with Gasteiger partial charge in [0.05, 0.1) is 6.10 Å². The zero-order chi connectivity index (χ0) is 8.85. The van der Waals surface area contributed by atoms with Gasteiger partial charge in [-0.25, -0.2) is 0 Å². The molecule has 1 atom stereocenters. The standard InChI is InChI=1S/C9H16OSi/c1-7(2)5-9(10)8(3)6-11-4/h4,6-7,9-10H,5H2,1-3H3/b8-6+. The Morgan fingerprint density at radius 2 is 2.18 bits per heavy atom. The molecule has 0 aromatic rings. The monoisotopic (exact) mass is 168 g/mol. The topological polar surface area (TPSA) is 20.2 Å². The quantitative estimate of drug-likeness (QED) is 0.635. The van der Waals surface area contributed by atoms with Gasteiger partial charge in [0, 0.05) is 8.96 Å². The predicted octanol–water partition coefficient (Wildman–Crippen LogP) is 1.59. The van der Waals surface area contributed by atoms with Crippen LogP contribution in [0.4, 0.5) is 0 Å². The summed E-state index contributed by atoms with van der Waals surface area (Å²) in [6.45, 7) is 6.12. The molecule has 0 amide bonds. The van der Waals surface area contributed by atoms with Gasteiger partial charge in [-0.3, -0.25) is 0 Å². The lowest BCUT2D eigenvalue weighted by Crippen LogP contribution is -2.11. The van der Waals surface area contributed by atoms with Gasteiger partial charge < -0.3 is 5.11 Å². The summed E-state index contributed by atoms with van der Waals surface area (Å²) in [7, 11) is 0.305. The molecule has 1 nitrogen and oxygen atoms in total. The molecule has 0 aromatic carbocycles. The zero-order valence-corrected chi connectivity index (χ0v) is 8.46. The third-order valence-corrected chi connectivity index (χ3v) is 2.15. The van der Waals surface area contributed by atoms with Crippen molar-refractivity contribution in [3.05, 3.63) is 11.3 Å². The van der Waals surface area contributed by atoms with Crippen LogP contribution in [0.2, 0.25) is 0 Å². The highest BCUT2D eigenvalue weighted by molar-refractivity contribution is 6.29. The van der Waals surface area contributed by atoms with Crippen LogP contribution in [0.5, 0.6) is 0 Å². The Labute approximate surface area is 71.2 Å². The molecule has 0 heterocycles. The normalized spacial score (nSPS) is 14.7. The third-order valence-electron chi connectivity index (χ3n) is 1.53. The zero-order valence-electron chi connectivity index (χ0n) is 7.46. The predicted molar refractivity (Wildman–Crippen MR) is 49.9 cm³/mol. The summed E-state index contributed by atoms with van der Waals surface area (Å²) in [5.74, 6) is 0.537. The van der Waals surface area contributed by atoms with Crippen molar-refractivity contribution in [1.82, 2.24) is 0 Å². The van der Waals surface area contributed by atoms with E-state index in [1.165, 1.54) is 0 Å². The molecular formula is C9H16OSi. The largest absolute Gasteiger partial charge is 0.389 e. The van der Waals surface area contributed by atoms with Gasteiger partial charge in [0.15, 0.2) is 0 Å². The summed E-state index contributed by atoms with van der Waals surface area (Å²) in [4.78, 5) is 0. The van der Waals surface area contributed by atoms with Crippen molar-refractivity contribution >= 4 is 8.96 Å². The number of aliphatic hydroxyl groups is 1. The van der Waals surface area contributed by atoms with Gasteiger partial charge in [0.25, 0.3) is 0 Å². The molecule has 1 unspecified atom stereocenters. The molecule has 0 spiro atoms. The van der Waals surface area contributed by atoms with Gasteiger partial charge in [-0.1, -0.05) is 13.8 Å². The maximum absolute atomic E-state index is 9.50. The highest BCUT2D eigenvalue weighted by Gasteiger charge is 2.07. The summed E-state index contributed by atoms with van der Waals surface area (Å²) < 4.78 is 0. The van der Waals surface area contributed by atoms with Crippen LogP contribution in [0, 0.1) is 11.9 Å². The van der Waals surface area contributed by atoms with Crippen LogP contribution < -0.4 is 0 Å². The van der Waals surface area contributed by atoms with E-state index < -0.39 is 0 Å². The van der Waals surface area contributed by atoms with Crippen molar-refractivity contribution in [3.63, 3.8) is 0 Å². The van der Waals surface area contributed by atoms with Crippen LogP contribution >= 0.6 is 0 Å². The number of hydrogen-bond donors (Lipinski definition) is 1. The lowest BCUT2D eigenvalue weighted by molar-refractivity contribution is 0.183. The molecule has 1 N–H and O–H groups in total. The van der Waals surface area contributed by atoms with Gasteiger partial charge in [-0.2, -0.15) is 6.00 Å². The molecule has 0 fully saturated rings. The smallest absolute Gasteiger partial charge is 0.0754 e. The highest BCUT2D eigenvalue weighted by Crippen LogP contribution is 2.10. The van der Waals surface area contributed by atoms with Gasteiger partial charge in [0.2, 0.25) is 0 Å². The summed E-state index contributed by atoms with van der Waals surface area (Å²) >= 11 is 0. The Balaban J connectivity index is 3.95. The van der Waals surface area contributed by atoms with Crippen molar-refractivity contribution in [3.8, 4) is 6.00 Å². The van der Waals surface area contributed by atoms with Gasteiger partial charge in [-0.05, 0) is 30.5 Å². The van der Waals surface area contributed by atoms with Crippen LogP contribution in [-0.4, -0.2) is 20.2 Å². The average molecular weight is 168 g/mol. The Hall–Kier alpha value is -0.303. The molecule has 0 aliphatic heterocycles. The second-order valence-electron chi connectivity index (χ2n) is 3.20. The summed E-state index contributed by atoms with van der Waals surface area (Å²) in [6, 6.07) is 5.34. The maximum Gasteiger partial charge on any atom is 0.0754 e. The molecule has 0 bridgehead atoms. The Bertz CT molecular complexity index is 176. The fourth-order valence-corrected chi connectivity index (χ4v) is 1.32. The first-order chi connectivity index (χ1) is 5.07. The van der Waals surface area contributed by atoms with E-state index in [-0.39, 0.29) is 6.10 Å². The second-order valence-corrected chi connectivity index (χ2v) is 3.82. The SMILES string of the molecule is C#[Si]/C=C(\C)C(O)CC(C)C. The fraction of sp³-hybridized carbons (Fsp3) is 0.667. The van der Waals surface area contributed by atoms with Gasteiger partial charge >= 0.3 is 0 Å². The average Bonchev–Trinajstić information content (AvgIpc) is 1.86. The lowest BCUT2D eigenvalue weighted by atomic mass is 10.0. The summed E-state index contributed by atoms with van der Waals surface area (Å²) in [6.07, 6.45) is 0.526. The molecule has 0 aromatic heterocycles. The van der Waals surface area contributed by atoms with E-state index in [1.807, 2.05) is 12.6 Å². The van der Waals surface area contributed by atoms with Crippen LogP contribution in [0.1, 0.15) is 27.2 Å². The molecule has 0 saturated carbocycles. The lowest BCUT2D eigenvalue weighted by Gasteiger charge is -2.12. The van der Waals surface area contributed by atoms with Gasteiger partial charge in [-0.15, -0.1) is 0 Å². The minimum absolute atomic E-state index is 0.300. The van der Waals surface area contributed by atoms with E-state index in [9.17, 15) is 5.11 Å². The van der Waals surface area contributed by atoms with Crippen molar-refractivity contribution in [2.24, 2.45) is 5.92 Å². The number of aliphatic hydroxyl groups excluding tert-OH is 1. The first-order valence-electron chi connectivity index (χ1n) is 3.88. The van der Waals surface area contributed by atoms with Crippen molar-refractivity contribution in [2.45, 2.75) is 33.3 Å².